The van der Waals surface area contributed by atoms with Crippen molar-refractivity contribution in [3.8, 4) is 10.6 Å². The molecule has 2 amide bonds. The standard InChI is InChI=1S/C21H21N3O2S/c1-2-14-8-10-16(11-9-14)21-23-17(13-27-21)12-18(25)24-19(20(22)26)15-6-4-3-5-7-15/h3-11,13,19H,2,12H2,1H3,(H2,22,26)(H,24,25). The second-order valence-corrected chi connectivity index (χ2v) is 7.04. The van der Waals surface area contributed by atoms with Crippen LogP contribution in [0.25, 0.3) is 10.6 Å². The Balaban J connectivity index is 1.67. The number of thiazole rings is 1. The lowest BCUT2D eigenvalue weighted by atomic mass is 10.1. The number of nitrogens with zero attached hydrogens (tertiary/aromatic N) is 1. The molecule has 5 nitrogen and oxygen atoms in total. The first-order chi connectivity index (χ1) is 13.1. The van der Waals surface area contributed by atoms with Crippen molar-refractivity contribution in [2.75, 3.05) is 0 Å². The normalized spacial score (nSPS) is 11.7. The third-order valence-corrected chi connectivity index (χ3v) is 5.17. The molecule has 1 aromatic heterocycles. The minimum atomic E-state index is -0.849. The third-order valence-electron chi connectivity index (χ3n) is 4.23. The zero-order valence-corrected chi connectivity index (χ0v) is 15.8. The number of hydrogen-bond acceptors (Lipinski definition) is 4. The van der Waals surface area contributed by atoms with Crippen molar-refractivity contribution in [3.05, 3.63) is 76.8 Å². The Kier molecular flexibility index (Phi) is 5.98. The van der Waals surface area contributed by atoms with Crippen LogP contribution in [0, 0.1) is 0 Å². The largest absolute Gasteiger partial charge is 0.368 e. The van der Waals surface area contributed by atoms with Gasteiger partial charge in [-0.05, 0) is 17.5 Å². The van der Waals surface area contributed by atoms with Gasteiger partial charge in [0.15, 0.2) is 0 Å². The predicted octanol–water partition coefficient (Wildman–Crippen LogP) is 3.26. The van der Waals surface area contributed by atoms with Crippen LogP contribution in [-0.2, 0) is 22.4 Å². The topological polar surface area (TPSA) is 85.1 Å². The molecule has 6 heteroatoms. The summed E-state index contributed by atoms with van der Waals surface area (Å²) >= 11 is 1.50. The molecule has 0 aliphatic heterocycles. The quantitative estimate of drug-likeness (QED) is 0.661. The first-order valence-corrected chi connectivity index (χ1v) is 9.62. The summed E-state index contributed by atoms with van der Waals surface area (Å²) in [4.78, 5) is 28.6. The monoisotopic (exact) mass is 379 g/mol. The molecule has 138 valence electrons. The first-order valence-electron chi connectivity index (χ1n) is 8.74. The SMILES string of the molecule is CCc1ccc(-c2nc(CC(=O)NC(C(N)=O)c3ccccc3)cs2)cc1. The Morgan fingerprint density at radius 1 is 1.11 bits per heavy atom. The van der Waals surface area contributed by atoms with Crippen LogP contribution in [0.15, 0.2) is 60.0 Å². The van der Waals surface area contributed by atoms with Gasteiger partial charge in [0.1, 0.15) is 11.0 Å². The Bertz CT molecular complexity index is 920. The fourth-order valence-corrected chi connectivity index (χ4v) is 3.57. The molecule has 0 saturated carbocycles. The van der Waals surface area contributed by atoms with Gasteiger partial charge in [-0.25, -0.2) is 4.98 Å². The van der Waals surface area contributed by atoms with Crippen LogP contribution in [-0.4, -0.2) is 16.8 Å². The van der Waals surface area contributed by atoms with Crippen molar-refractivity contribution >= 4 is 23.2 Å². The number of nitrogens with two attached hydrogens (primary N) is 1. The molecule has 2 aromatic carbocycles. The highest BCUT2D eigenvalue weighted by atomic mass is 32.1. The number of carbonyl (C=O) groups excluding carboxylic acids is 2. The number of aromatic nitrogens is 1. The van der Waals surface area contributed by atoms with E-state index in [2.05, 4.69) is 29.4 Å². The number of rotatable bonds is 7. The molecule has 1 heterocycles. The molecule has 0 aliphatic carbocycles. The van der Waals surface area contributed by atoms with E-state index in [4.69, 9.17) is 5.73 Å². The number of amides is 2. The van der Waals surface area contributed by atoms with Gasteiger partial charge in [-0.3, -0.25) is 9.59 Å². The van der Waals surface area contributed by atoms with E-state index < -0.39 is 11.9 Å². The highest BCUT2D eigenvalue weighted by Gasteiger charge is 2.20. The van der Waals surface area contributed by atoms with Crippen molar-refractivity contribution in [2.24, 2.45) is 5.73 Å². The number of aryl methyl sites for hydroxylation is 1. The van der Waals surface area contributed by atoms with Crippen LogP contribution in [0.4, 0.5) is 0 Å². The zero-order chi connectivity index (χ0) is 19.2. The minimum Gasteiger partial charge on any atom is -0.368 e. The van der Waals surface area contributed by atoms with Gasteiger partial charge < -0.3 is 11.1 Å². The summed E-state index contributed by atoms with van der Waals surface area (Å²) < 4.78 is 0. The third kappa shape index (κ3) is 4.80. The number of carbonyl (C=O) groups is 2. The molecule has 0 spiro atoms. The van der Waals surface area contributed by atoms with Crippen LogP contribution < -0.4 is 11.1 Å². The van der Waals surface area contributed by atoms with Crippen molar-refractivity contribution in [1.29, 1.82) is 0 Å². The molecule has 3 N–H and O–H groups in total. The summed E-state index contributed by atoms with van der Waals surface area (Å²) in [5.41, 5.74) is 9.08. The molecule has 0 fully saturated rings. The zero-order valence-electron chi connectivity index (χ0n) is 15.0. The highest BCUT2D eigenvalue weighted by molar-refractivity contribution is 7.13. The number of benzene rings is 2. The molecular formula is C21H21N3O2S. The molecule has 3 rings (SSSR count). The van der Waals surface area contributed by atoms with E-state index in [0.717, 1.165) is 17.0 Å². The Morgan fingerprint density at radius 3 is 2.44 bits per heavy atom. The van der Waals surface area contributed by atoms with E-state index in [1.807, 2.05) is 23.6 Å². The summed E-state index contributed by atoms with van der Waals surface area (Å²) in [6.45, 7) is 2.11. The van der Waals surface area contributed by atoms with E-state index in [0.29, 0.717) is 11.3 Å². The highest BCUT2D eigenvalue weighted by Crippen LogP contribution is 2.24. The average molecular weight is 379 g/mol. The molecular weight excluding hydrogens is 358 g/mol. The van der Waals surface area contributed by atoms with Crippen LogP contribution in [0.2, 0.25) is 0 Å². The van der Waals surface area contributed by atoms with E-state index in [-0.39, 0.29) is 12.3 Å². The smallest absolute Gasteiger partial charge is 0.244 e. The molecule has 1 atom stereocenters. The van der Waals surface area contributed by atoms with Crippen molar-refractivity contribution in [1.82, 2.24) is 10.3 Å². The predicted molar refractivity (Wildman–Crippen MR) is 107 cm³/mol. The summed E-state index contributed by atoms with van der Waals surface area (Å²) in [6.07, 6.45) is 1.09. The van der Waals surface area contributed by atoms with Crippen LogP contribution >= 0.6 is 11.3 Å². The number of hydrogen-bond donors (Lipinski definition) is 2. The van der Waals surface area contributed by atoms with Gasteiger partial charge in [0.05, 0.1) is 12.1 Å². The molecule has 0 saturated heterocycles. The van der Waals surface area contributed by atoms with Crippen molar-refractivity contribution in [2.45, 2.75) is 25.8 Å². The first kappa shape index (κ1) is 18.8. The van der Waals surface area contributed by atoms with Crippen molar-refractivity contribution in [3.63, 3.8) is 0 Å². The Morgan fingerprint density at radius 2 is 1.81 bits per heavy atom. The average Bonchev–Trinajstić information content (AvgIpc) is 3.15. The van der Waals surface area contributed by atoms with Crippen molar-refractivity contribution < 1.29 is 9.59 Å². The Hall–Kier alpha value is -2.99. The maximum absolute atomic E-state index is 12.4. The molecule has 3 aromatic rings. The molecule has 0 aliphatic rings. The van der Waals surface area contributed by atoms with E-state index >= 15 is 0 Å². The lowest BCUT2D eigenvalue weighted by Gasteiger charge is -2.15. The van der Waals surface area contributed by atoms with Gasteiger partial charge in [0, 0.05) is 10.9 Å². The molecule has 0 radical (unpaired) electrons. The van der Waals surface area contributed by atoms with E-state index in [1.54, 1.807) is 24.3 Å². The fraction of sp³-hybridized carbons (Fsp3) is 0.190. The van der Waals surface area contributed by atoms with Gasteiger partial charge in [-0.15, -0.1) is 11.3 Å². The lowest BCUT2D eigenvalue weighted by Crippen LogP contribution is -2.38. The van der Waals surface area contributed by atoms with Crippen LogP contribution in [0.5, 0.6) is 0 Å². The Labute approximate surface area is 162 Å². The van der Waals surface area contributed by atoms with E-state index in [9.17, 15) is 9.59 Å². The maximum Gasteiger partial charge on any atom is 0.244 e. The van der Waals surface area contributed by atoms with Gasteiger partial charge in [0.2, 0.25) is 11.8 Å². The molecule has 1 unspecified atom stereocenters. The van der Waals surface area contributed by atoms with Crippen LogP contribution in [0.3, 0.4) is 0 Å². The fourth-order valence-electron chi connectivity index (χ4n) is 2.74. The van der Waals surface area contributed by atoms with Gasteiger partial charge >= 0.3 is 0 Å². The summed E-state index contributed by atoms with van der Waals surface area (Å²) in [5.74, 6) is -0.884. The minimum absolute atomic E-state index is 0.0974. The molecule has 0 bridgehead atoms. The summed E-state index contributed by atoms with van der Waals surface area (Å²) in [6, 6.07) is 16.4. The number of primary amides is 1. The van der Waals surface area contributed by atoms with E-state index in [1.165, 1.54) is 16.9 Å². The number of nitrogens with one attached hydrogen (secondary N) is 1. The van der Waals surface area contributed by atoms with Gasteiger partial charge in [-0.1, -0.05) is 61.5 Å². The second kappa shape index (κ2) is 8.60. The maximum atomic E-state index is 12.4. The van der Waals surface area contributed by atoms with Gasteiger partial charge in [-0.2, -0.15) is 0 Å². The summed E-state index contributed by atoms with van der Waals surface area (Å²) in [5, 5.41) is 5.43. The summed E-state index contributed by atoms with van der Waals surface area (Å²) in [7, 11) is 0. The van der Waals surface area contributed by atoms with Gasteiger partial charge in [0.25, 0.3) is 0 Å². The second-order valence-electron chi connectivity index (χ2n) is 6.18. The molecule has 27 heavy (non-hydrogen) atoms. The van der Waals surface area contributed by atoms with Crippen LogP contribution in [0.1, 0.15) is 29.8 Å². The lowest BCUT2D eigenvalue weighted by molar-refractivity contribution is -0.127.